The van der Waals surface area contributed by atoms with Crippen LogP contribution in [0.15, 0.2) is 48.5 Å². The molecule has 38 heavy (non-hydrogen) atoms. The minimum Gasteiger partial charge on any atom is -0.399 e. The number of ketones is 1. The second-order valence-corrected chi connectivity index (χ2v) is 9.83. The van der Waals surface area contributed by atoms with Gasteiger partial charge in [0, 0.05) is 48.8 Å². The van der Waals surface area contributed by atoms with E-state index >= 15 is 0 Å². The third-order valence-corrected chi connectivity index (χ3v) is 6.84. The zero-order chi connectivity index (χ0) is 26.3. The number of carbonyl (C=O) groups excluding carboxylic acids is 2. The Morgan fingerprint density at radius 1 is 0.763 bits per heavy atom. The van der Waals surface area contributed by atoms with Crippen LogP contribution in [0.25, 0.3) is 0 Å². The van der Waals surface area contributed by atoms with Crippen LogP contribution in [0.5, 0.6) is 0 Å². The Balaban J connectivity index is 1.26. The van der Waals surface area contributed by atoms with E-state index in [1.807, 2.05) is 0 Å². The van der Waals surface area contributed by atoms with Gasteiger partial charge < -0.3 is 26.2 Å². The van der Waals surface area contributed by atoms with Crippen molar-refractivity contribution >= 4 is 46.6 Å². The smallest absolute Gasteiger partial charge is 0.233 e. The second-order valence-electron chi connectivity index (χ2n) is 9.83. The third-order valence-electron chi connectivity index (χ3n) is 6.84. The van der Waals surface area contributed by atoms with Crippen LogP contribution in [-0.2, 0) is 4.79 Å². The lowest BCUT2D eigenvalue weighted by atomic mass is 10.1. The number of piperidine rings is 2. The molecule has 10 nitrogen and oxygen atoms in total. The number of hydrogen-bond acceptors (Lipinski definition) is 9. The van der Waals surface area contributed by atoms with Crippen molar-refractivity contribution in [3.8, 4) is 0 Å². The van der Waals surface area contributed by atoms with E-state index in [1.165, 1.54) is 12.8 Å². The fourth-order valence-electron chi connectivity index (χ4n) is 4.82. The zero-order valence-corrected chi connectivity index (χ0v) is 21.5. The Kier molecular flexibility index (Phi) is 7.96. The van der Waals surface area contributed by atoms with Gasteiger partial charge in [-0.1, -0.05) is 6.07 Å². The summed E-state index contributed by atoms with van der Waals surface area (Å²) in [6.07, 6.45) is 6.77. The van der Waals surface area contributed by atoms with Crippen molar-refractivity contribution in [1.82, 2.24) is 15.0 Å². The number of rotatable bonds is 8. The Morgan fingerprint density at radius 3 is 1.95 bits per heavy atom. The van der Waals surface area contributed by atoms with Crippen LogP contribution < -0.4 is 26.2 Å². The molecule has 0 spiro atoms. The first kappa shape index (κ1) is 25.4. The van der Waals surface area contributed by atoms with E-state index in [0.717, 1.165) is 57.5 Å². The largest absolute Gasteiger partial charge is 0.399 e. The zero-order valence-electron chi connectivity index (χ0n) is 21.5. The first-order chi connectivity index (χ1) is 18.5. The van der Waals surface area contributed by atoms with Gasteiger partial charge in [-0.2, -0.15) is 15.0 Å². The van der Waals surface area contributed by atoms with Crippen LogP contribution in [0, 0.1) is 0 Å². The van der Waals surface area contributed by atoms with Crippen LogP contribution in [0.2, 0.25) is 0 Å². The second kappa shape index (κ2) is 11.9. The average molecular weight is 515 g/mol. The molecule has 0 saturated carbocycles. The van der Waals surface area contributed by atoms with Crippen molar-refractivity contribution in [2.75, 3.05) is 52.3 Å². The molecule has 3 heterocycles. The lowest BCUT2D eigenvalue weighted by molar-refractivity contribution is -0.115. The highest BCUT2D eigenvalue weighted by Crippen LogP contribution is 2.24. The molecule has 0 radical (unpaired) electrons. The highest BCUT2D eigenvalue weighted by molar-refractivity contribution is 6.11. The lowest BCUT2D eigenvalue weighted by Crippen LogP contribution is -2.34. The summed E-state index contributed by atoms with van der Waals surface area (Å²) in [5.41, 5.74) is 8.06. The van der Waals surface area contributed by atoms with Crippen LogP contribution in [0.4, 0.5) is 34.9 Å². The number of Topliss-reactive ketones (excluding diaryl/α,β-unsaturated/α-hetero) is 1. The summed E-state index contributed by atoms with van der Waals surface area (Å²) in [5.74, 6) is 1.25. The first-order valence-electron chi connectivity index (χ1n) is 13.4. The number of nitrogens with one attached hydrogen (secondary N) is 2. The van der Waals surface area contributed by atoms with Crippen molar-refractivity contribution in [3.63, 3.8) is 0 Å². The number of benzene rings is 2. The van der Waals surface area contributed by atoms with Crippen molar-refractivity contribution < 1.29 is 9.59 Å². The van der Waals surface area contributed by atoms with Crippen LogP contribution in [-0.4, -0.2) is 52.8 Å². The molecule has 0 aliphatic carbocycles. The molecule has 2 aromatic carbocycles. The molecule has 0 atom stereocenters. The maximum absolute atomic E-state index is 12.7. The maximum atomic E-state index is 12.7. The summed E-state index contributed by atoms with van der Waals surface area (Å²) >= 11 is 0. The maximum Gasteiger partial charge on any atom is 0.233 e. The van der Waals surface area contributed by atoms with Crippen LogP contribution in [0.1, 0.15) is 55.3 Å². The Bertz CT molecular complexity index is 1230. The molecule has 3 aromatic rings. The third kappa shape index (κ3) is 6.56. The predicted octanol–water partition coefficient (Wildman–Crippen LogP) is 4.39. The van der Waals surface area contributed by atoms with E-state index in [1.54, 1.807) is 48.5 Å². The van der Waals surface area contributed by atoms with Crippen LogP contribution in [0.3, 0.4) is 0 Å². The Labute approximate surface area is 222 Å². The quantitative estimate of drug-likeness (QED) is 0.228. The van der Waals surface area contributed by atoms with Gasteiger partial charge in [-0.3, -0.25) is 9.59 Å². The number of amides is 1. The van der Waals surface area contributed by atoms with Crippen molar-refractivity contribution in [1.29, 1.82) is 0 Å². The molecule has 2 saturated heterocycles. The standard InChI is InChI=1S/C28H34N8O2/c29-21-8-7-9-23(18-21)30-25(38)19-24(37)20-10-12-22(13-11-20)31-26-32-27(35-14-3-1-4-15-35)34-28(33-26)36-16-5-2-6-17-36/h7-13,18H,1-6,14-17,19,29H2,(H,30,38)(H,31,32,33,34). The highest BCUT2D eigenvalue weighted by atomic mass is 16.2. The SMILES string of the molecule is Nc1cccc(NC(=O)CC(=O)c2ccc(Nc3nc(N4CCCCC4)nc(N4CCCCC4)n3)cc2)c1. The van der Waals surface area contributed by atoms with Gasteiger partial charge in [-0.25, -0.2) is 0 Å². The fraction of sp³-hybridized carbons (Fsp3) is 0.393. The molecule has 1 amide bonds. The normalized spacial score (nSPS) is 15.7. The van der Waals surface area contributed by atoms with E-state index in [4.69, 9.17) is 20.7 Å². The van der Waals surface area contributed by atoms with Gasteiger partial charge >= 0.3 is 0 Å². The molecule has 2 aliphatic heterocycles. The summed E-state index contributed by atoms with van der Waals surface area (Å²) in [7, 11) is 0. The van der Waals surface area contributed by atoms with E-state index in [9.17, 15) is 9.59 Å². The van der Waals surface area contributed by atoms with Gasteiger partial charge in [0.15, 0.2) is 5.78 Å². The van der Waals surface area contributed by atoms with Gasteiger partial charge in [0.1, 0.15) is 0 Å². The minimum absolute atomic E-state index is 0.257. The lowest BCUT2D eigenvalue weighted by Gasteiger charge is -2.30. The van der Waals surface area contributed by atoms with E-state index < -0.39 is 0 Å². The Hall–Kier alpha value is -4.21. The van der Waals surface area contributed by atoms with Gasteiger partial charge in [0.05, 0.1) is 6.42 Å². The number of nitrogen functional groups attached to an aromatic ring is 1. The van der Waals surface area contributed by atoms with Gasteiger partial charge in [0.2, 0.25) is 23.8 Å². The first-order valence-corrected chi connectivity index (χ1v) is 13.4. The summed E-state index contributed by atoms with van der Waals surface area (Å²) in [5, 5.41) is 6.00. The summed E-state index contributed by atoms with van der Waals surface area (Å²) < 4.78 is 0. The monoisotopic (exact) mass is 514 g/mol. The summed E-state index contributed by atoms with van der Waals surface area (Å²) in [6, 6.07) is 13.9. The summed E-state index contributed by atoms with van der Waals surface area (Å²) in [4.78, 5) is 43.7. The minimum atomic E-state index is -0.386. The molecule has 2 fully saturated rings. The molecule has 2 aliphatic rings. The molecule has 10 heteroatoms. The number of carbonyl (C=O) groups is 2. The number of aromatic nitrogens is 3. The molecule has 198 valence electrons. The molecule has 0 bridgehead atoms. The van der Waals surface area contributed by atoms with Gasteiger partial charge in [-0.05, 0) is 81.0 Å². The molecular formula is C28H34N8O2. The molecule has 1 aromatic heterocycles. The number of nitrogens with two attached hydrogens (primary N) is 1. The number of anilines is 6. The molecule has 4 N–H and O–H groups in total. The summed E-state index contributed by atoms with van der Waals surface area (Å²) in [6.45, 7) is 3.80. The van der Waals surface area contributed by atoms with E-state index in [0.29, 0.717) is 34.8 Å². The van der Waals surface area contributed by atoms with Crippen LogP contribution >= 0.6 is 0 Å². The average Bonchev–Trinajstić information content (AvgIpc) is 2.94. The van der Waals surface area contributed by atoms with E-state index in [2.05, 4.69) is 20.4 Å². The number of nitrogens with zero attached hydrogens (tertiary/aromatic N) is 5. The van der Waals surface area contributed by atoms with Gasteiger partial charge in [-0.15, -0.1) is 0 Å². The van der Waals surface area contributed by atoms with Crippen molar-refractivity contribution in [3.05, 3.63) is 54.1 Å². The topological polar surface area (TPSA) is 129 Å². The highest BCUT2D eigenvalue weighted by Gasteiger charge is 2.20. The molecular weight excluding hydrogens is 480 g/mol. The fourth-order valence-corrected chi connectivity index (χ4v) is 4.82. The van der Waals surface area contributed by atoms with E-state index in [-0.39, 0.29) is 18.1 Å². The molecule has 0 unspecified atom stereocenters. The number of hydrogen-bond donors (Lipinski definition) is 3. The Morgan fingerprint density at radius 2 is 1.37 bits per heavy atom. The predicted molar refractivity (Wildman–Crippen MR) is 150 cm³/mol. The molecule has 5 rings (SSSR count). The van der Waals surface area contributed by atoms with Crippen molar-refractivity contribution in [2.45, 2.75) is 44.9 Å². The van der Waals surface area contributed by atoms with Gasteiger partial charge in [0.25, 0.3) is 0 Å². The van der Waals surface area contributed by atoms with Crippen molar-refractivity contribution in [2.24, 2.45) is 0 Å².